The number of hydrogen-bond donors (Lipinski definition) is 2. The Morgan fingerprint density at radius 2 is 1.59 bits per heavy atom. The van der Waals surface area contributed by atoms with Crippen molar-refractivity contribution in [2.24, 2.45) is 17.8 Å². The molecule has 0 bridgehead atoms. The molecule has 1 aliphatic carbocycles. The third-order valence-corrected chi connectivity index (χ3v) is 4.88. The van der Waals surface area contributed by atoms with Gasteiger partial charge in [-0.15, -0.1) is 0 Å². The third kappa shape index (κ3) is 7.62. The molecule has 1 aliphatic rings. The lowest BCUT2D eigenvalue weighted by atomic mass is 9.74. The number of hydrogen-bond acceptors (Lipinski definition) is 2. The lowest BCUT2D eigenvalue weighted by Crippen LogP contribution is -2.39. The summed E-state index contributed by atoms with van der Waals surface area (Å²) in [6.45, 7) is 10.7. The molecule has 22 heavy (non-hydrogen) atoms. The summed E-state index contributed by atoms with van der Waals surface area (Å²) in [4.78, 5) is 12.5. The van der Waals surface area contributed by atoms with Crippen LogP contribution in [0.1, 0.15) is 79.1 Å². The fraction of sp³-hybridized carbons (Fsp3) is 0.947. The maximum Gasteiger partial charge on any atom is 0.223 e. The van der Waals surface area contributed by atoms with Crippen molar-refractivity contribution in [1.82, 2.24) is 10.6 Å². The van der Waals surface area contributed by atoms with Crippen molar-refractivity contribution in [2.75, 3.05) is 13.1 Å². The van der Waals surface area contributed by atoms with Gasteiger partial charge in [0.25, 0.3) is 0 Å². The summed E-state index contributed by atoms with van der Waals surface area (Å²) in [5.74, 6) is 1.60. The Balaban J connectivity index is 2.20. The van der Waals surface area contributed by atoms with E-state index in [0.717, 1.165) is 19.5 Å². The van der Waals surface area contributed by atoms with Gasteiger partial charge in [0.05, 0.1) is 0 Å². The van der Waals surface area contributed by atoms with Gasteiger partial charge in [0.1, 0.15) is 0 Å². The second-order valence-corrected chi connectivity index (χ2v) is 7.63. The molecule has 0 radical (unpaired) electrons. The van der Waals surface area contributed by atoms with Crippen LogP contribution in [0, 0.1) is 17.8 Å². The first kappa shape index (κ1) is 19.5. The summed E-state index contributed by atoms with van der Waals surface area (Å²) in [7, 11) is 0. The van der Waals surface area contributed by atoms with E-state index in [1.165, 1.54) is 44.9 Å². The van der Waals surface area contributed by atoms with Crippen molar-refractivity contribution < 1.29 is 4.79 Å². The van der Waals surface area contributed by atoms with Gasteiger partial charge in [-0.1, -0.05) is 53.4 Å². The van der Waals surface area contributed by atoms with Crippen LogP contribution in [0.2, 0.25) is 0 Å². The van der Waals surface area contributed by atoms with Gasteiger partial charge < -0.3 is 10.6 Å². The van der Waals surface area contributed by atoms with Gasteiger partial charge in [-0.05, 0) is 44.1 Å². The van der Waals surface area contributed by atoms with Crippen molar-refractivity contribution in [1.29, 1.82) is 0 Å². The van der Waals surface area contributed by atoms with Gasteiger partial charge in [-0.25, -0.2) is 0 Å². The molecule has 0 aromatic heterocycles. The Kier molecular flexibility index (Phi) is 9.77. The van der Waals surface area contributed by atoms with Crippen LogP contribution < -0.4 is 10.6 Å². The van der Waals surface area contributed by atoms with E-state index in [0.29, 0.717) is 23.8 Å². The Bertz CT molecular complexity index is 296. The number of carbonyl (C=O) groups is 1. The Morgan fingerprint density at radius 1 is 0.955 bits per heavy atom. The lowest BCUT2D eigenvalue weighted by Gasteiger charge is -2.32. The highest BCUT2D eigenvalue weighted by molar-refractivity contribution is 5.79. The number of amides is 1. The van der Waals surface area contributed by atoms with Crippen molar-refractivity contribution in [2.45, 2.75) is 85.1 Å². The van der Waals surface area contributed by atoms with Crippen LogP contribution in [0.3, 0.4) is 0 Å². The van der Waals surface area contributed by atoms with E-state index in [1.807, 2.05) is 0 Å². The van der Waals surface area contributed by atoms with Crippen molar-refractivity contribution in [3.05, 3.63) is 0 Å². The third-order valence-electron chi connectivity index (χ3n) is 4.88. The molecule has 130 valence electrons. The second-order valence-electron chi connectivity index (χ2n) is 7.63. The quantitative estimate of drug-likeness (QED) is 0.596. The summed E-state index contributed by atoms with van der Waals surface area (Å²) >= 11 is 0. The lowest BCUT2D eigenvalue weighted by molar-refractivity contribution is -0.128. The number of nitrogens with one attached hydrogen (secondary N) is 2. The molecular formula is C19H38N2O. The van der Waals surface area contributed by atoms with E-state index < -0.39 is 0 Å². The first-order valence-corrected chi connectivity index (χ1v) is 9.53. The van der Waals surface area contributed by atoms with Crippen LogP contribution in [-0.2, 0) is 4.79 Å². The summed E-state index contributed by atoms with van der Waals surface area (Å²) in [6.07, 6.45) is 9.96. The number of carbonyl (C=O) groups excluding carboxylic acids is 1. The first-order chi connectivity index (χ1) is 10.5. The highest BCUT2D eigenvalue weighted by Gasteiger charge is 2.31. The van der Waals surface area contributed by atoms with Gasteiger partial charge >= 0.3 is 0 Å². The predicted octanol–water partition coefficient (Wildman–Crippen LogP) is 4.12. The molecule has 3 heteroatoms. The molecule has 0 heterocycles. The molecule has 1 atom stereocenters. The zero-order valence-corrected chi connectivity index (χ0v) is 15.3. The second kappa shape index (κ2) is 11.0. The molecule has 1 rings (SSSR count). The normalized spacial score (nSPS) is 17.9. The zero-order valence-electron chi connectivity index (χ0n) is 15.3. The predicted molar refractivity (Wildman–Crippen MR) is 94.9 cm³/mol. The summed E-state index contributed by atoms with van der Waals surface area (Å²) < 4.78 is 0. The largest absolute Gasteiger partial charge is 0.356 e. The van der Waals surface area contributed by atoms with Gasteiger partial charge in [-0.2, -0.15) is 0 Å². The average molecular weight is 311 g/mol. The van der Waals surface area contributed by atoms with E-state index in [4.69, 9.17) is 0 Å². The van der Waals surface area contributed by atoms with Gasteiger partial charge in [0, 0.05) is 18.5 Å². The van der Waals surface area contributed by atoms with E-state index >= 15 is 0 Å². The molecule has 0 aromatic carbocycles. The first-order valence-electron chi connectivity index (χ1n) is 9.53. The van der Waals surface area contributed by atoms with Crippen molar-refractivity contribution >= 4 is 5.91 Å². The molecule has 1 fully saturated rings. The SMILES string of the molecule is CC(C)NCCCCCNC(=O)[C@H](C(C)C)C1CCCCC1. The summed E-state index contributed by atoms with van der Waals surface area (Å²) in [5, 5.41) is 6.64. The number of rotatable bonds is 10. The minimum absolute atomic E-state index is 0.225. The molecule has 2 N–H and O–H groups in total. The van der Waals surface area contributed by atoms with Gasteiger partial charge in [0.2, 0.25) is 5.91 Å². The molecule has 0 aliphatic heterocycles. The minimum Gasteiger partial charge on any atom is -0.356 e. The molecular weight excluding hydrogens is 272 g/mol. The van der Waals surface area contributed by atoms with Crippen LogP contribution in [0.4, 0.5) is 0 Å². The minimum atomic E-state index is 0.225. The highest BCUT2D eigenvalue weighted by Crippen LogP contribution is 2.34. The topological polar surface area (TPSA) is 41.1 Å². The Labute approximate surface area is 138 Å². The molecule has 0 unspecified atom stereocenters. The Hall–Kier alpha value is -0.570. The van der Waals surface area contributed by atoms with Crippen LogP contribution in [0.15, 0.2) is 0 Å². The van der Waals surface area contributed by atoms with Gasteiger partial charge in [0.15, 0.2) is 0 Å². The van der Waals surface area contributed by atoms with Crippen LogP contribution in [-0.4, -0.2) is 25.0 Å². The monoisotopic (exact) mass is 310 g/mol. The highest BCUT2D eigenvalue weighted by atomic mass is 16.1. The smallest absolute Gasteiger partial charge is 0.223 e. The molecule has 0 aromatic rings. The van der Waals surface area contributed by atoms with Crippen molar-refractivity contribution in [3.63, 3.8) is 0 Å². The fourth-order valence-corrected chi connectivity index (χ4v) is 3.70. The van der Waals surface area contributed by atoms with E-state index in [-0.39, 0.29) is 5.92 Å². The van der Waals surface area contributed by atoms with Gasteiger partial charge in [-0.3, -0.25) is 4.79 Å². The van der Waals surface area contributed by atoms with E-state index in [9.17, 15) is 4.79 Å². The standard InChI is InChI=1S/C19H38N2O/c1-15(2)18(17-11-7-5-8-12-17)19(22)21-14-10-6-9-13-20-16(3)4/h15-18,20H,5-14H2,1-4H3,(H,21,22)/t18-/m1/s1. The molecule has 0 spiro atoms. The van der Waals surface area contributed by atoms with E-state index in [2.05, 4.69) is 38.3 Å². The van der Waals surface area contributed by atoms with Crippen LogP contribution in [0.5, 0.6) is 0 Å². The summed E-state index contributed by atoms with van der Waals surface area (Å²) in [5.41, 5.74) is 0. The maximum atomic E-state index is 12.5. The zero-order chi connectivity index (χ0) is 16.4. The number of unbranched alkanes of at least 4 members (excludes halogenated alkanes) is 2. The van der Waals surface area contributed by atoms with E-state index in [1.54, 1.807) is 0 Å². The van der Waals surface area contributed by atoms with Crippen molar-refractivity contribution in [3.8, 4) is 0 Å². The molecule has 1 amide bonds. The van der Waals surface area contributed by atoms with Crippen LogP contribution >= 0.6 is 0 Å². The average Bonchev–Trinajstić information content (AvgIpc) is 2.47. The van der Waals surface area contributed by atoms with Crippen LogP contribution in [0.25, 0.3) is 0 Å². The fourth-order valence-electron chi connectivity index (χ4n) is 3.70. The molecule has 1 saturated carbocycles. The molecule has 0 saturated heterocycles. The Morgan fingerprint density at radius 3 is 2.18 bits per heavy atom. The molecule has 3 nitrogen and oxygen atoms in total. The maximum absolute atomic E-state index is 12.5. The summed E-state index contributed by atoms with van der Waals surface area (Å²) in [6, 6.07) is 0.571.